The fourth-order valence-electron chi connectivity index (χ4n) is 6.67. The summed E-state index contributed by atoms with van der Waals surface area (Å²) in [6.07, 6.45) is 9.05. The summed E-state index contributed by atoms with van der Waals surface area (Å²) in [6.45, 7) is 7.06. The molecule has 1 saturated heterocycles. The molecule has 1 saturated carbocycles. The third kappa shape index (κ3) is 5.92. The molecule has 1 aromatic heterocycles. The number of methoxy groups -OCH3 is 2. The van der Waals surface area contributed by atoms with Gasteiger partial charge in [0.1, 0.15) is 5.60 Å². The number of likely N-dealkylation sites (tertiary alicyclic amines) is 1. The molecule has 3 aromatic rings. The molecule has 1 aliphatic carbocycles. The molecule has 1 aliphatic heterocycles. The molecule has 0 spiro atoms. The van der Waals surface area contributed by atoms with Gasteiger partial charge in [-0.1, -0.05) is 37.5 Å². The van der Waals surface area contributed by atoms with E-state index in [1.54, 1.807) is 20.4 Å². The zero-order valence-corrected chi connectivity index (χ0v) is 25.1. The molecular weight excluding hydrogens is 518 g/mol. The van der Waals surface area contributed by atoms with E-state index in [1.807, 2.05) is 51.1 Å². The minimum atomic E-state index is -0.600. The second kappa shape index (κ2) is 11.7. The van der Waals surface area contributed by atoms with Gasteiger partial charge in [-0.05, 0) is 88.1 Å². The Bertz CT molecular complexity index is 1400. The number of carbonyl (C=O) groups excluding carboxylic acids is 2. The number of rotatable bonds is 6. The molecule has 2 aromatic carbocycles. The lowest BCUT2D eigenvalue weighted by molar-refractivity contribution is -0.137. The Morgan fingerprint density at radius 1 is 1.00 bits per heavy atom. The topological polar surface area (TPSA) is 82.9 Å². The van der Waals surface area contributed by atoms with Crippen molar-refractivity contribution in [2.45, 2.75) is 83.2 Å². The number of hydrogen-bond donors (Lipinski definition) is 0. The minimum absolute atomic E-state index is 0.241. The van der Waals surface area contributed by atoms with Gasteiger partial charge in [0.05, 0.1) is 31.3 Å². The van der Waals surface area contributed by atoms with Crippen LogP contribution in [0.1, 0.15) is 76.8 Å². The molecule has 0 radical (unpaired) electrons. The molecule has 2 heterocycles. The Kier molecular flexibility index (Phi) is 8.30. The van der Waals surface area contributed by atoms with Gasteiger partial charge >= 0.3 is 6.09 Å². The van der Waals surface area contributed by atoms with Crippen LogP contribution in [-0.4, -0.2) is 59.6 Å². The molecule has 220 valence electrons. The van der Waals surface area contributed by atoms with Gasteiger partial charge in [0, 0.05) is 18.5 Å². The third-order valence-electron chi connectivity index (χ3n) is 8.64. The van der Waals surface area contributed by atoms with Crippen LogP contribution in [0.5, 0.6) is 11.5 Å². The summed E-state index contributed by atoms with van der Waals surface area (Å²) in [7, 11) is 3.27. The maximum absolute atomic E-state index is 14.4. The molecule has 0 bridgehead atoms. The summed E-state index contributed by atoms with van der Waals surface area (Å²) < 4.78 is 18.0. The van der Waals surface area contributed by atoms with Crippen molar-refractivity contribution in [3.05, 3.63) is 53.7 Å². The molecule has 1 atom stereocenters. The van der Waals surface area contributed by atoms with Crippen LogP contribution in [0.3, 0.4) is 0 Å². The molecule has 5 rings (SSSR count). The van der Waals surface area contributed by atoms with Crippen LogP contribution in [-0.2, 0) is 21.4 Å². The average Bonchev–Trinajstić information content (AvgIpc) is 3.56. The Hall–Kier alpha value is -3.55. The highest BCUT2D eigenvalue weighted by Crippen LogP contribution is 2.45. The highest BCUT2D eigenvalue weighted by molar-refractivity contribution is 5.90. The van der Waals surface area contributed by atoms with Crippen molar-refractivity contribution in [1.29, 1.82) is 0 Å². The third-order valence-corrected chi connectivity index (χ3v) is 8.64. The number of fused-ring (bicyclic) bond motifs is 1. The molecule has 1 unspecified atom stereocenters. The first-order valence-electron chi connectivity index (χ1n) is 14.9. The number of benzene rings is 2. The van der Waals surface area contributed by atoms with Gasteiger partial charge in [-0.2, -0.15) is 9.78 Å². The van der Waals surface area contributed by atoms with Crippen LogP contribution < -0.4 is 9.47 Å². The smallest absolute Gasteiger partial charge is 0.435 e. The van der Waals surface area contributed by atoms with Crippen LogP contribution in [0.4, 0.5) is 4.79 Å². The van der Waals surface area contributed by atoms with Gasteiger partial charge in [0.2, 0.25) is 5.91 Å². The van der Waals surface area contributed by atoms with E-state index in [-0.39, 0.29) is 5.91 Å². The molecule has 8 heteroatoms. The number of aromatic nitrogens is 2. The first kappa shape index (κ1) is 29.0. The van der Waals surface area contributed by atoms with E-state index in [0.717, 1.165) is 86.5 Å². The van der Waals surface area contributed by atoms with Crippen molar-refractivity contribution in [2.75, 3.05) is 27.3 Å². The fraction of sp³-hybridized carbons (Fsp3) is 0.545. The van der Waals surface area contributed by atoms with E-state index < -0.39 is 17.1 Å². The maximum Gasteiger partial charge on any atom is 0.435 e. The van der Waals surface area contributed by atoms with E-state index in [4.69, 9.17) is 14.2 Å². The Balaban J connectivity index is 1.38. The van der Waals surface area contributed by atoms with Crippen molar-refractivity contribution in [3.63, 3.8) is 0 Å². The first-order chi connectivity index (χ1) is 19.6. The highest BCUT2D eigenvalue weighted by Gasteiger charge is 2.45. The van der Waals surface area contributed by atoms with Crippen LogP contribution in [0, 0.1) is 5.92 Å². The normalized spacial score (nSPS) is 19.1. The van der Waals surface area contributed by atoms with Crippen LogP contribution in [0.15, 0.2) is 42.6 Å². The molecule has 1 amide bonds. The summed E-state index contributed by atoms with van der Waals surface area (Å²) in [5.74, 6) is 1.90. The standard InChI is InChI=1S/C33H43N3O5/c1-32(2,3)41-31(38)36-27-13-10-12-24(26(27)21-34-36)19-23-11-6-9-18-35(22-23)30(37)33(16-7-8-17-33)25-14-15-28(39-4)29(20-25)40-5/h10,12-15,20-21,23H,6-9,11,16-19,22H2,1-5H3. The van der Waals surface area contributed by atoms with E-state index >= 15 is 0 Å². The SMILES string of the molecule is COc1ccc(C2(C(=O)N3CCCCC(Cc4cccc5c4cnn5C(=O)OC(C)(C)C)C3)CCCC2)cc1OC. The lowest BCUT2D eigenvalue weighted by Gasteiger charge is -2.36. The first-order valence-corrected chi connectivity index (χ1v) is 14.9. The van der Waals surface area contributed by atoms with Gasteiger partial charge in [0.25, 0.3) is 0 Å². The molecule has 2 fully saturated rings. The second-order valence-corrected chi connectivity index (χ2v) is 12.6. The monoisotopic (exact) mass is 561 g/mol. The van der Waals surface area contributed by atoms with Gasteiger partial charge in [-0.15, -0.1) is 0 Å². The largest absolute Gasteiger partial charge is 0.493 e. The summed E-state index contributed by atoms with van der Waals surface area (Å²) in [4.78, 5) is 29.3. The predicted octanol–water partition coefficient (Wildman–Crippen LogP) is 6.52. The van der Waals surface area contributed by atoms with Crippen LogP contribution in [0.2, 0.25) is 0 Å². The summed E-state index contributed by atoms with van der Waals surface area (Å²) >= 11 is 0. The summed E-state index contributed by atoms with van der Waals surface area (Å²) in [5, 5.41) is 5.33. The van der Waals surface area contributed by atoms with E-state index in [2.05, 4.69) is 16.1 Å². The predicted molar refractivity (Wildman–Crippen MR) is 159 cm³/mol. The quantitative estimate of drug-likeness (QED) is 0.341. The molecule has 2 aliphatic rings. The Morgan fingerprint density at radius 3 is 2.46 bits per heavy atom. The summed E-state index contributed by atoms with van der Waals surface area (Å²) in [5.41, 5.74) is 1.79. The van der Waals surface area contributed by atoms with Gasteiger partial charge < -0.3 is 19.1 Å². The van der Waals surface area contributed by atoms with E-state index in [0.29, 0.717) is 17.4 Å². The lowest BCUT2D eigenvalue weighted by atomic mass is 9.77. The number of amides is 1. The molecule has 41 heavy (non-hydrogen) atoms. The van der Waals surface area contributed by atoms with Crippen molar-refractivity contribution >= 4 is 22.9 Å². The highest BCUT2D eigenvalue weighted by atomic mass is 16.6. The maximum atomic E-state index is 14.4. The zero-order valence-electron chi connectivity index (χ0n) is 25.1. The zero-order chi connectivity index (χ0) is 29.2. The summed E-state index contributed by atoms with van der Waals surface area (Å²) in [6, 6.07) is 12.0. The van der Waals surface area contributed by atoms with E-state index in [9.17, 15) is 9.59 Å². The van der Waals surface area contributed by atoms with E-state index in [1.165, 1.54) is 4.68 Å². The van der Waals surface area contributed by atoms with Crippen molar-refractivity contribution in [1.82, 2.24) is 14.7 Å². The van der Waals surface area contributed by atoms with Gasteiger partial charge in [-0.25, -0.2) is 4.79 Å². The van der Waals surface area contributed by atoms with Gasteiger partial charge in [0.15, 0.2) is 11.5 Å². The average molecular weight is 562 g/mol. The van der Waals surface area contributed by atoms with Crippen molar-refractivity contribution < 1.29 is 23.8 Å². The fourth-order valence-corrected chi connectivity index (χ4v) is 6.67. The Morgan fingerprint density at radius 2 is 1.76 bits per heavy atom. The van der Waals surface area contributed by atoms with Crippen molar-refractivity contribution in [3.8, 4) is 11.5 Å². The van der Waals surface area contributed by atoms with Gasteiger partial charge in [-0.3, -0.25) is 4.79 Å². The van der Waals surface area contributed by atoms with Crippen molar-refractivity contribution in [2.24, 2.45) is 5.92 Å². The second-order valence-electron chi connectivity index (χ2n) is 12.6. The lowest BCUT2D eigenvalue weighted by Crippen LogP contribution is -2.47. The van der Waals surface area contributed by atoms with Crippen LogP contribution in [0.25, 0.3) is 10.9 Å². The number of nitrogens with zero attached hydrogens (tertiary/aromatic N) is 3. The molecule has 8 nitrogen and oxygen atoms in total. The number of hydrogen-bond acceptors (Lipinski definition) is 6. The van der Waals surface area contributed by atoms with Crippen LogP contribution >= 0.6 is 0 Å². The minimum Gasteiger partial charge on any atom is -0.493 e. The molecular formula is C33H43N3O5. The Labute approximate surface area is 242 Å². The number of ether oxygens (including phenoxy) is 3. The number of carbonyl (C=O) groups is 2. The molecule has 0 N–H and O–H groups in total.